The standard InChI is InChI=1S/C18H34N4O2/c1-15(2)17(23)22(13-7-11-20-9-4-5-10-20)16-8-6-12-21(14-16)18(24)19-3/h15-16H,4-14H2,1-3H3,(H,19,24). The number of hydrogen-bond acceptors (Lipinski definition) is 3. The highest BCUT2D eigenvalue weighted by Crippen LogP contribution is 2.19. The summed E-state index contributed by atoms with van der Waals surface area (Å²) in [6.45, 7) is 9.66. The Kier molecular flexibility index (Phi) is 7.34. The molecule has 1 unspecified atom stereocenters. The van der Waals surface area contributed by atoms with Crippen molar-refractivity contribution in [2.24, 2.45) is 5.92 Å². The number of rotatable bonds is 6. The summed E-state index contributed by atoms with van der Waals surface area (Å²) < 4.78 is 0. The van der Waals surface area contributed by atoms with E-state index in [-0.39, 0.29) is 23.9 Å². The van der Waals surface area contributed by atoms with Crippen LogP contribution in [0.4, 0.5) is 4.79 Å². The van der Waals surface area contributed by atoms with Crippen LogP contribution in [0.1, 0.15) is 46.0 Å². The average molecular weight is 338 g/mol. The van der Waals surface area contributed by atoms with E-state index >= 15 is 0 Å². The largest absolute Gasteiger partial charge is 0.341 e. The van der Waals surface area contributed by atoms with Gasteiger partial charge < -0.3 is 20.0 Å². The minimum atomic E-state index is -0.0336. The summed E-state index contributed by atoms with van der Waals surface area (Å²) in [6, 6.07) is 0.123. The van der Waals surface area contributed by atoms with Gasteiger partial charge in [-0.25, -0.2) is 4.79 Å². The number of carbonyl (C=O) groups excluding carboxylic acids is 2. The molecule has 0 aliphatic carbocycles. The molecule has 0 aromatic carbocycles. The van der Waals surface area contributed by atoms with Crippen molar-refractivity contribution >= 4 is 11.9 Å². The molecule has 0 aromatic heterocycles. The van der Waals surface area contributed by atoms with Gasteiger partial charge in [0.05, 0.1) is 0 Å². The number of nitrogens with one attached hydrogen (secondary N) is 1. The highest BCUT2D eigenvalue weighted by molar-refractivity contribution is 5.79. The number of urea groups is 1. The second kappa shape index (κ2) is 9.25. The topological polar surface area (TPSA) is 55.9 Å². The zero-order valence-electron chi connectivity index (χ0n) is 15.6. The monoisotopic (exact) mass is 338 g/mol. The first-order chi connectivity index (χ1) is 11.5. The lowest BCUT2D eigenvalue weighted by Gasteiger charge is -2.40. The molecule has 1 atom stereocenters. The Hall–Kier alpha value is -1.30. The fourth-order valence-corrected chi connectivity index (χ4v) is 3.83. The van der Waals surface area contributed by atoms with E-state index < -0.39 is 0 Å². The first kappa shape index (κ1) is 19.0. The van der Waals surface area contributed by atoms with Crippen LogP contribution in [-0.2, 0) is 4.79 Å². The molecule has 6 nitrogen and oxygen atoms in total. The summed E-state index contributed by atoms with van der Waals surface area (Å²) in [6.07, 6.45) is 5.59. The van der Waals surface area contributed by atoms with E-state index in [1.807, 2.05) is 18.7 Å². The van der Waals surface area contributed by atoms with Crippen LogP contribution in [0.25, 0.3) is 0 Å². The molecule has 2 saturated heterocycles. The van der Waals surface area contributed by atoms with Crippen molar-refractivity contribution in [3.8, 4) is 0 Å². The quantitative estimate of drug-likeness (QED) is 0.803. The van der Waals surface area contributed by atoms with Crippen molar-refractivity contribution in [1.29, 1.82) is 0 Å². The van der Waals surface area contributed by atoms with Gasteiger partial charge in [-0.3, -0.25) is 4.79 Å². The van der Waals surface area contributed by atoms with Crippen LogP contribution in [-0.4, -0.2) is 79.0 Å². The Morgan fingerprint density at radius 1 is 1.17 bits per heavy atom. The van der Waals surface area contributed by atoms with Gasteiger partial charge in [-0.05, 0) is 51.7 Å². The van der Waals surface area contributed by atoms with Gasteiger partial charge in [0.2, 0.25) is 5.91 Å². The molecule has 6 heteroatoms. The van der Waals surface area contributed by atoms with Gasteiger partial charge in [-0.1, -0.05) is 13.8 Å². The van der Waals surface area contributed by atoms with Crippen molar-refractivity contribution in [2.75, 3.05) is 46.3 Å². The van der Waals surface area contributed by atoms with Crippen LogP contribution in [0.2, 0.25) is 0 Å². The van der Waals surface area contributed by atoms with Gasteiger partial charge in [0.1, 0.15) is 0 Å². The van der Waals surface area contributed by atoms with Crippen molar-refractivity contribution in [3.63, 3.8) is 0 Å². The average Bonchev–Trinajstić information content (AvgIpc) is 3.11. The van der Waals surface area contributed by atoms with Gasteiger partial charge in [0, 0.05) is 38.6 Å². The maximum Gasteiger partial charge on any atom is 0.317 e. The van der Waals surface area contributed by atoms with E-state index in [0.29, 0.717) is 6.54 Å². The molecule has 0 radical (unpaired) electrons. The summed E-state index contributed by atoms with van der Waals surface area (Å²) in [5, 5.41) is 2.70. The van der Waals surface area contributed by atoms with E-state index in [2.05, 4.69) is 15.1 Å². The third kappa shape index (κ3) is 5.10. The van der Waals surface area contributed by atoms with Crippen LogP contribution >= 0.6 is 0 Å². The predicted molar refractivity (Wildman–Crippen MR) is 95.9 cm³/mol. The fraction of sp³-hybridized carbons (Fsp3) is 0.889. The second-order valence-corrected chi connectivity index (χ2v) is 7.39. The molecule has 0 spiro atoms. The molecule has 1 N–H and O–H groups in total. The Bertz CT molecular complexity index is 421. The SMILES string of the molecule is CNC(=O)N1CCCC(N(CCCN2CCCC2)C(=O)C(C)C)C1. The minimum Gasteiger partial charge on any atom is -0.341 e. The molecule has 0 bridgehead atoms. The number of piperidine rings is 1. The molecular formula is C18H34N4O2. The van der Waals surface area contributed by atoms with E-state index in [9.17, 15) is 9.59 Å². The van der Waals surface area contributed by atoms with E-state index in [1.165, 1.54) is 25.9 Å². The van der Waals surface area contributed by atoms with Crippen LogP contribution in [0, 0.1) is 5.92 Å². The number of hydrogen-bond donors (Lipinski definition) is 1. The minimum absolute atomic E-state index is 0.00663. The van der Waals surface area contributed by atoms with Gasteiger partial charge in [0.15, 0.2) is 0 Å². The lowest BCUT2D eigenvalue weighted by Crippen LogP contribution is -2.54. The molecule has 2 rings (SSSR count). The van der Waals surface area contributed by atoms with Gasteiger partial charge in [-0.2, -0.15) is 0 Å². The van der Waals surface area contributed by atoms with Gasteiger partial charge in [0.25, 0.3) is 0 Å². The highest BCUT2D eigenvalue weighted by Gasteiger charge is 2.31. The normalized spacial score (nSPS) is 22.0. The summed E-state index contributed by atoms with van der Waals surface area (Å²) in [7, 11) is 1.67. The summed E-state index contributed by atoms with van der Waals surface area (Å²) in [5.74, 6) is 0.229. The van der Waals surface area contributed by atoms with E-state index in [0.717, 1.165) is 38.9 Å². The molecule has 2 aliphatic heterocycles. The molecule has 2 aliphatic rings. The van der Waals surface area contributed by atoms with Crippen LogP contribution in [0.15, 0.2) is 0 Å². The Morgan fingerprint density at radius 2 is 1.88 bits per heavy atom. The van der Waals surface area contributed by atoms with Crippen LogP contribution in [0.3, 0.4) is 0 Å². The molecule has 138 valence electrons. The predicted octanol–water partition coefficient (Wildman–Crippen LogP) is 1.76. The molecule has 2 fully saturated rings. The summed E-state index contributed by atoms with van der Waals surface area (Å²) >= 11 is 0. The first-order valence-electron chi connectivity index (χ1n) is 9.52. The zero-order valence-corrected chi connectivity index (χ0v) is 15.6. The molecule has 24 heavy (non-hydrogen) atoms. The smallest absolute Gasteiger partial charge is 0.317 e. The van der Waals surface area contributed by atoms with Crippen molar-refractivity contribution in [1.82, 2.24) is 20.0 Å². The highest BCUT2D eigenvalue weighted by atomic mass is 16.2. The van der Waals surface area contributed by atoms with Crippen LogP contribution < -0.4 is 5.32 Å². The van der Waals surface area contributed by atoms with Crippen molar-refractivity contribution in [2.45, 2.75) is 52.0 Å². The van der Waals surface area contributed by atoms with Crippen LogP contribution in [0.5, 0.6) is 0 Å². The molecule has 3 amide bonds. The van der Waals surface area contributed by atoms with Gasteiger partial charge in [-0.15, -0.1) is 0 Å². The lowest BCUT2D eigenvalue weighted by atomic mass is 10.0. The third-order valence-corrected chi connectivity index (χ3v) is 5.19. The number of likely N-dealkylation sites (tertiary alicyclic amines) is 2. The summed E-state index contributed by atoms with van der Waals surface area (Å²) in [4.78, 5) is 31.0. The summed E-state index contributed by atoms with van der Waals surface area (Å²) in [5.41, 5.74) is 0. The maximum atomic E-state index is 12.7. The van der Waals surface area contributed by atoms with E-state index in [4.69, 9.17) is 0 Å². The molecular weight excluding hydrogens is 304 g/mol. The number of carbonyl (C=O) groups is 2. The van der Waals surface area contributed by atoms with Crippen molar-refractivity contribution < 1.29 is 9.59 Å². The van der Waals surface area contributed by atoms with Crippen molar-refractivity contribution in [3.05, 3.63) is 0 Å². The maximum absolute atomic E-state index is 12.7. The number of amides is 3. The van der Waals surface area contributed by atoms with E-state index in [1.54, 1.807) is 7.05 Å². The second-order valence-electron chi connectivity index (χ2n) is 7.39. The third-order valence-electron chi connectivity index (χ3n) is 5.19. The lowest BCUT2D eigenvalue weighted by molar-refractivity contribution is -0.138. The number of nitrogens with zero attached hydrogens (tertiary/aromatic N) is 3. The first-order valence-corrected chi connectivity index (χ1v) is 9.52. The fourth-order valence-electron chi connectivity index (χ4n) is 3.83. The molecule has 2 heterocycles. The Morgan fingerprint density at radius 3 is 2.50 bits per heavy atom. The van der Waals surface area contributed by atoms with Gasteiger partial charge >= 0.3 is 6.03 Å². The molecule has 0 saturated carbocycles. The molecule has 0 aromatic rings. The Balaban J connectivity index is 1.93. The Labute approximate surface area is 146 Å². The zero-order chi connectivity index (χ0) is 17.5.